The van der Waals surface area contributed by atoms with E-state index >= 15 is 0 Å². The molecule has 1 atom stereocenters. The van der Waals surface area contributed by atoms with Crippen LogP contribution in [-0.2, 0) is 4.79 Å². The van der Waals surface area contributed by atoms with E-state index in [4.69, 9.17) is 0 Å². The third kappa shape index (κ3) is 5.98. The van der Waals surface area contributed by atoms with Crippen LogP contribution in [0.1, 0.15) is 43.5 Å². The first-order valence-corrected chi connectivity index (χ1v) is 9.73. The standard InChI is InChI=1S/C20H30N4O3/c1-3-12-22-19(26)17(23-18(25)16-8-6-5-7-9-16)15-10-13-24(14-11-15)20(27)21-4-2/h5-9,15,17H,3-4,10-14H2,1-2H3,(H,21,27)(H,22,26)(H,23,25)/t17-/m0/s1. The van der Waals surface area contributed by atoms with Crippen molar-refractivity contribution < 1.29 is 14.4 Å². The fourth-order valence-electron chi connectivity index (χ4n) is 3.27. The van der Waals surface area contributed by atoms with Gasteiger partial charge in [-0.3, -0.25) is 9.59 Å². The number of carbonyl (C=O) groups is 3. The summed E-state index contributed by atoms with van der Waals surface area (Å²) in [7, 11) is 0. The third-order valence-corrected chi connectivity index (χ3v) is 4.78. The second-order valence-corrected chi connectivity index (χ2v) is 6.77. The van der Waals surface area contributed by atoms with E-state index in [0.717, 1.165) is 6.42 Å². The number of amides is 4. The second-order valence-electron chi connectivity index (χ2n) is 6.77. The molecule has 1 saturated heterocycles. The van der Waals surface area contributed by atoms with E-state index in [1.807, 2.05) is 19.9 Å². The maximum absolute atomic E-state index is 12.7. The highest BCUT2D eigenvalue weighted by molar-refractivity contribution is 5.97. The normalized spacial score (nSPS) is 15.7. The molecule has 3 N–H and O–H groups in total. The molecule has 1 fully saturated rings. The minimum absolute atomic E-state index is 0.000180. The van der Waals surface area contributed by atoms with Crippen LogP contribution in [0.25, 0.3) is 0 Å². The van der Waals surface area contributed by atoms with Crippen molar-refractivity contribution in [3.05, 3.63) is 35.9 Å². The molecule has 7 heteroatoms. The highest BCUT2D eigenvalue weighted by Gasteiger charge is 2.33. The number of urea groups is 1. The average molecular weight is 374 g/mol. The number of rotatable bonds is 7. The van der Waals surface area contributed by atoms with Gasteiger partial charge in [0.25, 0.3) is 5.91 Å². The van der Waals surface area contributed by atoms with Crippen molar-refractivity contribution in [1.29, 1.82) is 0 Å². The first-order chi connectivity index (χ1) is 13.1. The van der Waals surface area contributed by atoms with Gasteiger partial charge in [-0.2, -0.15) is 0 Å². The van der Waals surface area contributed by atoms with Crippen molar-refractivity contribution >= 4 is 17.8 Å². The monoisotopic (exact) mass is 374 g/mol. The topological polar surface area (TPSA) is 90.5 Å². The molecule has 4 amide bonds. The van der Waals surface area contributed by atoms with Gasteiger partial charge in [-0.1, -0.05) is 25.1 Å². The highest BCUT2D eigenvalue weighted by atomic mass is 16.2. The minimum Gasteiger partial charge on any atom is -0.354 e. The van der Waals surface area contributed by atoms with Crippen molar-refractivity contribution in [2.75, 3.05) is 26.2 Å². The molecule has 1 heterocycles. The van der Waals surface area contributed by atoms with E-state index in [1.54, 1.807) is 29.2 Å². The van der Waals surface area contributed by atoms with Crippen molar-refractivity contribution in [3.63, 3.8) is 0 Å². The van der Waals surface area contributed by atoms with Gasteiger partial charge in [0.15, 0.2) is 0 Å². The summed E-state index contributed by atoms with van der Waals surface area (Å²) in [6, 6.07) is 8.23. The Bertz CT molecular complexity index is 627. The van der Waals surface area contributed by atoms with E-state index in [2.05, 4.69) is 16.0 Å². The Morgan fingerprint density at radius 3 is 2.33 bits per heavy atom. The minimum atomic E-state index is -0.597. The number of hydrogen-bond acceptors (Lipinski definition) is 3. The zero-order valence-corrected chi connectivity index (χ0v) is 16.2. The fourth-order valence-corrected chi connectivity index (χ4v) is 3.27. The first-order valence-electron chi connectivity index (χ1n) is 9.73. The molecule has 2 rings (SSSR count). The Balaban J connectivity index is 2.03. The molecule has 1 aliphatic heterocycles. The molecular weight excluding hydrogens is 344 g/mol. The molecule has 1 aromatic rings. The van der Waals surface area contributed by atoms with Gasteiger partial charge in [-0.25, -0.2) is 4.79 Å². The van der Waals surface area contributed by atoms with Crippen LogP contribution in [0, 0.1) is 5.92 Å². The predicted molar refractivity (Wildman–Crippen MR) is 104 cm³/mol. The molecule has 1 aliphatic rings. The Morgan fingerprint density at radius 1 is 1.07 bits per heavy atom. The molecular formula is C20H30N4O3. The SMILES string of the molecule is CCCNC(=O)[C@@H](NC(=O)c1ccccc1)C1CCN(C(=O)NCC)CC1. The highest BCUT2D eigenvalue weighted by Crippen LogP contribution is 2.21. The first kappa shape index (κ1) is 20.7. The molecule has 7 nitrogen and oxygen atoms in total. The van der Waals surface area contributed by atoms with Gasteiger partial charge in [-0.05, 0) is 44.2 Å². The lowest BCUT2D eigenvalue weighted by atomic mass is 9.88. The molecule has 148 valence electrons. The molecule has 0 aliphatic carbocycles. The van der Waals surface area contributed by atoms with Crippen LogP contribution in [0.2, 0.25) is 0 Å². The lowest BCUT2D eigenvalue weighted by Gasteiger charge is -2.35. The van der Waals surface area contributed by atoms with E-state index < -0.39 is 6.04 Å². The van der Waals surface area contributed by atoms with Crippen LogP contribution in [0.5, 0.6) is 0 Å². The van der Waals surface area contributed by atoms with Gasteiger partial charge < -0.3 is 20.9 Å². The number of hydrogen-bond donors (Lipinski definition) is 3. The maximum atomic E-state index is 12.7. The Hall–Kier alpha value is -2.57. The van der Waals surface area contributed by atoms with E-state index in [9.17, 15) is 14.4 Å². The number of nitrogens with zero attached hydrogens (tertiary/aromatic N) is 1. The largest absolute Gasteiger partial charge is 0.354 e. The number of carbonyl (C=O) groups excluding carboxylic acids is 3. The lowest BCUT2D eigenvalue weighted by Crippen LogP contribution is -2.54. The van der Waals surface area contributed by atoms with Gasteiger partial charge in [0, 0.05) is 31.7 Å². The van der Waals surface area contributed by atoms with Crippen molar-refractivity contribution in [1.82, 2.24) is 20.9 Å². The Labute approximate surface area is 160 Å². The summed E-state index contributed by atoms with van der Waals surface area (Å²) in [5.41, 5.74) is 0.533. The summed E-state index contributed by atoms with van der Waals surface area (Å²) in [5.74, 6) is -0.406. The van der Waals surface area contributed by atoms with Crippen molar-refractivity contribution in [2.45, 2.75) is 39.2 Å². The molecule has 0 radical (unpaired) electrons. The van der Waals surface area contributed by atoms with E-state index in [1.165, 1.54) is 0 Å². The van der Waals surface area contributed by atoms with Crippen LogP contribution in [0.4, 0.5) is 4.79 Å². The summed E-state index contributed by atoms with van der Waals surface area (Å²) in [6.45, 7) is 6.20. The smallest absolute Gasteiger partial charge is 0.317 e. The predicted octanol–water partition coefficient (Wildman–Crippen LogP) is 1.75. The summed E-state index contributed by atoms with van der Waals surface area (Å²) in [4.78, 5) is 39.0. The van der Waals surface area contributed by atoms with Gasteiger partial charge in [0.1, 0.15) is 6.04 Å². The lowest BCUT2D eigenvalue weighted by molar-refractivity contribution is -0.124. The molecule has 27 heavy (non-hydrogen) atoms. The number of likely N-dealkylation sites (tertiary alicyclic amines) is 1. The zero-order valence-electron chi connectivity index (χ0n) is 16.2. The van der Waals surface area contributed by atoms with Crippen LogP contribution < -0.4 is 16.0 Å². The third-order valence-electron chi connectivity index (χ3n) is 4.78. The van der Waals surface area contributed by atoms with Crippen molar-refractivity contribution in [3.8, 4) is 0 Å². The molecule has 0 aromatic heterocycles. The van der Waals surface area contributed by atoms with Gasteiger partial charge >= 0.3 is 6.03 Å². The fraction of sp³-hybridized carbons (Fsp3) is 0.550. The molecule has 0 unspecified atom stereocenters. The molecule has 0 saturated carbocycles. The van der Waals surface area contributed by atoms with Crippen LogP contribution >= 0.6 is 0 Å². The van der Waals surface area contributed by atoms with Gasteiger partial charge in [0.05, 0.1) is 0 Å². The molecule has 0 bridgehead atoms. The van der Waals surface area contributed by atoms with Gasteiger partial charge in [0.2, 0.25) is 5.91 Å². The quantitative estimate of drug-likeness (QED) is 0.679. The number of piperidine rings is 1. The maximum Gasteiger partial charge on any atom is 0.317 e. The number of nitrogens with one attached hydrogen (secondary N) is 3. The summed E-state index contributed by atoms with van der Waals surface area (Å²) in [6.07, 6.45) is 2.19. The van der Waals surface area contributed by atoms with Crippen LogP contribution in [0.3, 0.4) is 0 Å². The van der Waals surface area contributed by atoms with Gasteiger partial charge in [-0.15, -0.1) is 0 Å². The van der Waals surface area contributed by atoms with Crippen LogP contribution in [0.15, 0.2) is 30.3 Å². The van der Waals surface area contributed by atoms with E-state index in [0.29, 0.717) is 44.6 Å². The zero-order chi connectivity index (χ0) is 19.6. The average Bonchev–Trinajstić information content (AvgIpc) is 2.71. The van der Waals surface area contributed by atoms with Crippen molar-refractivity contribution in [2.24, 2.45) is 5.92 Å². The summed E-state index contributed by atoms with van der Waals surface area (Å²) >= 11 is 0. The molecule has 0 spiro atoms. The Morgan fingerprint density at radius 2 is 1.74 bits per heavy atom. The van der Waals surface area contributed by atoms with Crippen LogP contribution in [-0.4, -0.2) is 55.0 Å². The number of benzene rings is 1. The molecule has 1 aromatic carbocycles. The summed E-state index contributed by atoms with van der Waals surface area (Å²) < 4.78 is 0. The Kier molecular flexibility index (Phi) is 8.10. The van der Waals surface area contributed by atoms with E-state index in [-0.39, 0.29) is 23.8 Å². The second kappa shape index (κ2) is 10.5. The summed E-state index contributed by atoms with van der Waals surface area (Å²) in [5, 5.41) is 8.61.